The van der Waals surface area contributed by atoms with E-state index in [2.05, 4.69) is 11.6 Å². The molecule has 0 unspecified atom stereocenters. The molecule has 4 heteroatoms. The van der Waals surface area contributed by atoms with Crippen LogP contribution in [0.4, 0.5) is 17.3 Å². The lowest BCUT2D eigenvalue weighted by Crippen LogP contribution is -2.06. The number of benzene rings is 1. The van der Waals surface area contributed by atoms with E-state index in [1.54, 1.807) is 6.08 Å². The first-order valence-electron chi connectivity index (χ1n) is 6.43. The van der Waals surface area contributed by atoms with Crippen molar-refractivity contribution in [3.05, 3.63) is 41.0 Å². The van der Waals surface area contributed by atoms with Crippen molar-refractivity contribution in [1.29, 1.82) is 0 Å². The van der Waals surface area contributed by atoms with Crippen LogP contribution in [0, 0.1) is 20.8 Å². The number of fused-ring (bicyclic) bond motifs is 1. The molecule has 0 atom stereocenters. The minimum absolute atomic E-state index is 0.442. The highest BCUT2D eigenvalue weighted by Crippen LogP contribution is 2.38. The smallest absolute Gasteiger partial charge is 0.134 e. The zero-order valence-electron chi connectivity index (χ0n) is 12.1. The van der Waals surface area contributed by atoms with Gasteiger partial charge in [0.1, 0.15) is 11.6 Å². The Morgan fingerprint density at radius 1 is 0.900 bits per heavy atom. The first-order chi connectivity index (χ1) is 9.40. The number of rotatable bonds is 2. The quantitative estimate of drug-likeness (QED) is 0.576. The lowest BCUT2D eigenvalue weighted by Gasteiger charge is -2.18. The molecule has 4 nitrogen and oxygen atoms in total. The summed E-state index contributed by atoms with van der Waals surface area (Å²) in [6, 6.07) is 0. The summed E-state index contributed by atoms with van der Waals surface area (Å²) in [5.41, 5.74) is 22.8. The zero-order chi connectivity index (χ0) is 15.0. The van der Waals surface area contributed by atoms with Gasteiger partial charge in [0.25, 0.3) is 0 Å². The number of nitrogens with zero attached hydrogens (tertiary/aromatic N) is 1. The Bertz CT molecular complexity index is 742. The molecular weight excluding hydrogens is 248 g/mol. The van der Waals surface area contributed by atoms with Crippen LogP contribution in [-0.4, -0.2) is 4.98 Å². The molecule has 0 bridgehead atoms. The Morgan fingerprint density at radius 3 is 2.15 bits per heavy atom. The van der Waals surface area contributed by atoms with E-state index in [9.17, 15) is 0 Å². The van der Waals surface area contributed by atoms with Crippen molar-refractivity contribution in [2.45, 2.75) is 20.8 Å². The van der Waals surface area contributed by atoms with E-state index in [0.29, 0.717) is 11.6 Å². The van der Waals surface area contributed by atoms with Crippen molar-refractivity contribution >= 4 is 34.2 Å². The van der Waals surface area contributed by atoms with Crippen molar-refractivity contribution in [3.8, 4) is 0 Å². The molecule has 2 rings (SSSR count). The van der Waals surface area contributed by atoms with Crippen LogP contribution in [0.3, 0.4) is 0 Å². The average molecular weight is 268 g/mol. The minimum atomic E-state index is 0.442. The predicted molar refractivity (Wildman–Crippen MR) is 88.4 cm³/mol. The second-order valence-corrected chi connectivity index (χ2v) is 4.93. The molecule has 0 fully saturated rings. The predicted octanol–water partition coefficient (Wildman–Crippen LogP) is 3.11. The fourth-order valence-corrected chi connectivity index (χ4v) is 2.61. The van der Waals surface area contributed by atoms with E-state index in [4.69, 9.17) is 17.2 Å². The Hall–Kier alpha value is -2.49. The van der Waals surface area contributed by atoms with Gasteiger partial charge in [-0.2, -0.15) is 0 Å². The molecule has 0 aliphatic carbocycles. The number of aromatic nitrogens is 1. The Kier molecular flexibility index (Phi) is 3.40. The molecule has 20 heavy (non-hydrogen) atoms. The highest BCUT2D eigenvalue weighted by molar-refractivity contribution is 6.05. The molecule has 1 aromatic heterocycles. The first kappa shape index (κ1) is 13.9. The van der Waals surface area contributed by atoms with Gasteiger partial charge in [-0.15, -0.1) is 0 Å². The average Bonchev–Trinajstić information content (AvgIpc) is 2.40. The molecule has 2 aromatic rings. The SMILES string of the molecule is C=C/C=C/c1c(N)c(C)c2c(C)c(N)nc(N)c2c1C. The molecule has 104 valence electrons. The lowest BCUT2D eigenvalue weighted by molar-refractivity contribution is 1.30. The summed E-state index contributed by atoms with van der Waals surface area (Å²) < 4.78 is 0. The minimum Gasteiger partial charge on any atom is -0.398 e. The van der Waals surface area contributed by atoms with Crippen LogP contribution in [0.1, 0.15) is 22.3 Å². The van der Waals surface area contributed by atoms with Gasteiger partial charge in [-0.1, -0.05) is 24.8 Å². The van der Waals surface area contributed by atoms with E-state index in [-0.39, 0.29) is 0 Å². The van der Waals surface area contributed by atoms with Gasteiger partial charge < -0.3 is 17.2 Å². The summed E-state index contributed by atoms with van der Waals surface area (Å²) in [5, 5.41) is 1.92. The van der Waals surface area contributed by atoms with Crippen LogP contribution in [-0.2, 0) is 0 Å². The van der Waals surface area contributed by atoms with Gasteiger partial charge in [0.05, 0.1) is 0 Å². The summed E-state index contributed by atoms with van der Waals surface area (Å²) in [5.74, 6) is 0.892. The Morgan fingerprint density at radius 2 is 1.55 bits per heavy atom. The van der Waals surface area contributed by atoms with Crippen molar-refractivity contribution in [1.82, 2.24) is 4.98 Å². The molecule has 0 radical (unpaired) electrons. The van der Waals surface area contributed by atoms with Gasteiger partial charge in [-0.05, 0) is 42.8 Å². The number of hydrogen-bond acceptors (Lipinski definition) is 4. The topological polar surface area (TPSA) is 91.0 Å². The third kappa shape index (κ3) is 1.90. The molecule has 1 aromatic carbocycles. The van der Waals surface area contributed by atoms with Gasteiger partial charge in [-0.25, -0.2) is 4.98 Å². The summed E-state index contributed by atoms with van der Waals surface area (Å²) in [4.78, 5) is 4.22. The number of pyridine rings is 1. The first-order valence-corrected chi connectivity index (χ1v) is 6.43. The zero-order valence-corrected chi connectivity index (χ0v) is 12.1. The molecule has 0 saturated carbocycles. The highest BCUT2D eigenvalue weighted by atomic mass is 14.9. The number of nitrogen functional groups attached to an aromatic ring is 3. The number of allylic oxidation sites excluding steroid dienone is 2. The summed E-state index contributed by atoms with van der Waals surface area (Å²) >= 11 is 0. The second-order valence-electron chi connectivity index (χ2n) is 4.93. The number of hydrogen-bond donors (Lipinski definition) is 3. The van der Waals surface area contributed by atoms with Crippen LogP contribution in [0.2, 0.25) is 0 Å². The van der Waals surface area contributed by atoms with E-state index in [1.807, 2.05) is 32.9 Å². The molecule has 0 saturated heterocycles. The fourth-order valence-electron chi connectivity index (χ4n) is 2.61. The molecule has 1 heterocycles. The molecular formula is C16H20N4. The van der Waals surface area contributed by atoms with Crippen molar-refractivity contribution in [2.75, 3.05) is 17.2 Å². The standard InChI is InChI=1S/C16H20N4/c1-5-6-7-11-8(2)13-12(9(3)14(11)17)10(4)15(18)20-16(13)19/h5-7H,1,17H2,2-4H3,(H4,18,19,20)/b7-6+. The Labute approximate surface area is 119 Å². The normalized spacial score (nSPS) is 11.3. The molecule has 0 aliphatic heterocycles. The van der Waals surface area contributed by atoms with E-state index in [1.165, 1.54) is 0 Å². The lowest BCUT2D eigenvalue weighted by atomic mass is 9.91. The van der Waals surface area contributed by atoms with E-state index < -0.39 is 0 Å². The second kappa shape index (κ2) is 4.89. The summed E-state index contributed by atoms with van der Waals surface area (Å²) in [6.07, 6.45) is 5.52. The van der Waals surface area contributed by atoms with Crippen molar-refractivity contribution in [3.63, 3.8) is 0 Å². The third-order valence-corrected chi connectivity index (χ3v) is 3.75. The molecule has 0 amide bonds. The van der Waals surface area contributed by atoms with Crippen LogP contribution in [0.5, 0.6) is 0 Å². The van der Waals surface area contributed by atoms with Crippen LogP contribution < -0.4 is 17.2 Å². The number of nitrogens with two attached hydrogens (primary N) is 3. The van der Waals surface area contributed by atoms with Gasteiger partial charge in [0.15, 0.2) is 0 Å². The maximum atomic E-state index is 6.27. The summed E-state index contributed by atoms with van der Waals surface area (Å²) in [6.45, 7) is 9.60. The van der Waals surface area contributed by atoms with Crippen LogP contribution in [0.15, 0.2) is 18.7 Å². The molecule has 0 spiro atoms. The number of anilines is 3. The third-order valence-electron chi connectivity index (χ3n) is 3.75. The van der Waals surface area contributed by atoms with Crippen molar-refractivity contribution in [2.24, 2.45) is 0 Å². The molecule has 6 N–H and O–H groups in total. The maximum absolute atomic E-state index is 6.27. The van der Waals surface area contributed by atoms with Gasteiger partial charge >= 0.3 is 0 Å². The largest absolute Gasteiger partial charge is 0.398 e. The van der Waals surface area contributed by atoms with Gasteiger partial charge in [0, 0.05) is 16.6 Å². The van der Waals surface area contributed by atoms with Gasteiger partial charge in [0.2, 0.25) is 0 Å². The summed E-state index contributed by atoms with van der Waals surface area (Å²) in [7, 11) is 0. The molecule has 0 aliphatic rings. The monoisotopic (exact) mass is 268 g/mol. The van der Waals surface area contributed by atoms with Gasteiger partial charge in [-0.3, -0.25) is 0 Å². The van der Waals surface area contributed by atoms with E-state index >= 15 is 0 Å². The van der Waals surface area contributed by atoms with E-state index in [0.717, 1.165) is 38.7 Å². The number of aryl methyl sites for hydroxylation is 3. The highest BCUT2D eigenvalue weighted by Gasteiger charge is 2.17. The van der Waals surface area contributed by atoms with Crippen LogP contribution >= 0.6 is 0 Å². The van der Waals surface area contributed by atoms with Crippen LogP contribution in [0.25, 0.3) is 16.8 Å². The maximum Gasteiger partial charge on any atom is 0.134 e. The Balaban J connectivity index is 3.04. The fraction of sp³-hybridized carbons (Fsp3) is 0.188. The van der Waals surface area contributed by atoms with Crippen molar-refractivity contribution < 1.29 is 0 Å².